The van der Waals surface area contributed by atoms with E-state index in [1.54, 1.807) is 24.7 Å². The van der Waals surface area contributed by atoms with Crippen LogP contribution in [0.3, 0.4) is 0 Å². The van der Waals surface area contributed by atoms with Gasteiger partial charge in [-0.05, 0) is 32.9 Å². The fraction of sp³-hybridized carbons (Fsp3) is 0.333. The molecule has 2 heterocycles. The van der Waals surface area contributed by atoms with Crippen LogP contribution in [0.25, 0.3) is 11.3 Å². The maximum Gasteiger partial charge on any atom is 0.419 e. The molecule has 0 saturated heterocycles. The Hall–Kier alpha value is -1.84. The first-order valence-corrected chi connectivity index (χ1v) is 5.12. The Morgan fingerprint density at radius 3 is 2.81 bits per heavy atom. The Kier molecular flexibility index (Phi) is 2.42. The lowest BCUT2D eigenvalue weighted by Gasteiger charge is -2.21. The first kappa shape index (κ1) is 10.7. The van der Waals surface area contributed by atoms with Gasteiger partial charge in [0, 0.05) is 18.0 Å². The van der Waals surface area contributed by atoms with Crippen LogP contribution in [0.4, 0.5) is 4.79 Å². The van der Waals surface area contributed by atoms with E-state index < -0.39 is 5.60 Å². The molecule has 0 saturated carbocycles. The van der Waals surface area contributed by atoms with Crippen molar-refractivity contribution in [2.24, 2.45) is 0 Å². The van der Waals surface area contributed by atoms with Gasteiger partial charge in [-0.3, -0.25) is 9.55 Å². The molecule has 0 N–H and O–H groups in total. The van der Waals surface area contributed by atoms with Crippen LogP contribution in [-0.4, -0.2) is 21.2 Å². The van der Waals surface area contributed by atoms with Crippen LogP contribution in [0, 0.1) is 0 Å². The molecule has 4 heteroatoms. The van der Waals surface area contributed by atoms with Crippen molar-refractivity contribution in [1.82, 2.24) is 9.55 Å². The Morgan fingerprint density at radius 2 is 2.12 bits per heavy atom. The van der Waals surface area contributed by atoms with Crippen LogP contribution in [-0.2, 0) is 4.74 Å². The third-order valence-corrected chi connectivity index (χ3v) is 2.07. The molecule has 0 spiro atoms. The molecule has 0 atom stereocenters. The van der Waals surface area contributed by atoms with Gasteiger partial charge in [0.2, 0.25) is 0 Å². The highest BCUT2D eigenvalue weighted by Gasteiger charge is 2.20. The number of nitrogens with zero attached hydrogens (tertiary/aromatic N) is 2. The number of hydrogen-bond donors (Lipinski definition) is 0. The van der Waals surface area contributed by atoms with Gasteiger partial charge < -0.3 is 4.74 Å². The Bertz CT molecular complexity index is 482. The van der Waals surface area contributed by atoms with Crippen molar-refractivity contribution < 1.29 is 9.53 Å². The van der Waals surface area contributed by atoms with Crippen LogP contribution in [0.15, 0.2) is 30.7 Å². The summed E-state index contributed by atoms with van der Waals surface area (Å²) in [7, 11) is 0. The minimum Gasteiger partial charge on any atom is -0.443 e. The first-order chi connectivity index (χ1) is 7.47. The normalized spacial score (nSPS) is 11.7. The van der Waals surface area contributed by atoms with Gasteiger partial charge in [0.1, 0.15) is 5.60 Å². The van der Waals surface area contributed by atoms with E-state index in [0.717, 1.165) is 11.3 Å². The van der Waals surface area contributed by atoms with Crippen LogP contribution in [0.2, 0.25) is 0 Å². The zero-order valence-electron chi connectivity index (χ0n) is 9.60. The van der Waals surface area contributed by atoms with Gasteiger partial charge >= 0.3 is 6.09 Å². The summed E-state index contributed by atoms with van der Waals surface area (Å²) >= 11 is 0. The fourth-order valence-corrected chi connectivity index (χ4v) is 1.44. The van der Waals surface area contributed by atoms with E-state index in [1.165, 1.54) is 4.57 Å². The Morgan fingerprint density at radius 1 is 1.38 bits per heavy atom. The largest absolute Gasteiger partial charge is 0.443 e. The van der Waals surface area contributed by atoms with Crippen molar-refractivity contribution in [3.8, 4) is 11.3 Å². The number of hydrogen-bond acceptors (Lipinski definition) is 3. The van der Waals surface area contributed by atoms with Crippen molar-refractivity contribution >= 4 is 6.09 Å². The number of rotatable bonds is 0. The zero-order chi connectivity index (χ0) is 11.8. The summed E-state index contributed by atoms with van der Waals surface area (Å²) in [5.41, 5.74) is 1.19. The highest BCUT2D eigenvalue weighted by Crippen LogP contribution is 2.21. The Labute approximate surface area is 94.2 Å². The summed E-state index contributed by atoms with van der Waals surface area (Å²) in [6.45, 7) is 5.53. The van der Waals surface area contributed by atoms with E-state index in [2.05, 4.69) is 4.98 Å². The van der Waals surface area contributed by atoms with Gasteiger partial charge in [-0.25, -0.2) is 4.79 Å². The van der Waals surface area contributed by atoms with Crippen molar-refractivity contribution in [3.63, 3.8) is 0 Å². The van der Waals surface area contributed by atoms with Crippen molar-refractivity contribution in [2.75, 3.05) is 0 Å². The number of pyridine rings is 1. The molecule has 0 aliphatic carbocycles. The SMILES string of the molecule is CC(C)(C)OC(=O)n1cccc2cncc1-2. The molecule has 0 amide bonds. The van der Waals surface area contributed by atoms with E-state index in [-0.39, 0.29) is 6.09 Å². The fourth-order valence-electron chi connectivity index (χ4n) is 1.44. The maximum absolute atomic E-state index is 11.9. The summed E-state index contributed by atoms with van der Waals surface area (Å²) in [6, 6.07) is 3.71. The molecule has 0 aromatic heterocycles. The van der Waals surface area contributed by atoms with Crippen molar-refractivity contribution in [2.45, 2.75) is 26.4 Å². The summed E-state index contributed by atoms with van der Waals surface area (Å²) in [4.78, 5) is 15.9. The second-order valence-corrected chi connectivity index (χ2v) is 4.61. The molecule has 0 unspecified atom stereocenters. The van der Waals surface area contributed by atoms with Gasteiger partial charge in [-0.2, -0.15) is 0 Å². The zero-order valence-corrected chi connectivity index (χ0v) is 9.60. The summed E-state index contributed by atoms with van der Waals surface area (Å²) in [5.74, 6) is 0. The van der Waals surface area contributed by atoms with Crippen molar-refractivity contribution in [3.05, 3.63) is 30.7 Å². The monoisotopic (exact) mass is 218 g/mol. The number of carbonyl (C=O) groups is 1. The molecule has 4 nitrogen and oxygen atoms in total. The molecule has 16 heavy (non-hydrogen) atoms. The molecule has 0 radical (unpaired) electrons. The van der Waals surface area contributed by atoms with E-state index in [4.69, 9.17) is 4.74 Å². The van der Waals surface area contributed by atoms with E-state index in [1.807, 2.05) is 26.8 Å². The Balaban J connectivity index is 2.34. The first-order valence-electron chi connectivity index (χ1n) is 5.12. The van der Waals surface area contributed by atoms with E-state index >= 15 is 0 Å². The van der Waals surface area contributed by atoms with Gasteiger partial charge in [0.25, 0.3) is 0 Å². The maximum atomic E-state index is 11.9. The lowest BCUT2D eigenvalue weighted by Crippen LogP contribution is -2.27. The van der Waals surface area contributed by atoms with Crippen molar-refractivity contribution in [1.29, 1.82) is 0 Å². The molecule has 2 rings (SSSR count). The second kappa shape index (κ2) is 3.63. The minimum atomic E-state index is -0.494. The lowest BCUT2D eigenvalue weighted by atomic mass is 10.2. The average Bonchev–Trinajstić information content (AvgIpc) is 2.61. The summed E-state index contributed by atoms with van der Waals surface area (Å²) < 4.78 is 6.76. The molecule has 2 aliphatic rings. The number of aromatic nitrogens is 2. The van der Waals surface area contributed by atoms with Crippen LogP contribution < -0.4 is 0 Å². The predicted octanol–water partition coefficient (Wildman–Crippen LogP) is 2.77. The molecule has 0 bridgehead atoms. The van der Waals surface area contributed by atoms with Crippen LogP contribution in [0.1, 0.15) is 20.8 Å². The van der Waals surface area contributed by atoms with E-state index in [0.29, 0.717) is 0 Å². The van der Waals surface area contributed by atoms with Gasteiger partial charge in [-0.1, -0.05) is 0 Å². The smallest absolute Gasteiger partial charge is 0.419 e. The lowest BCUT2D eigenvalue weighted by molar-refractivity contribution is 0.0539. The minimum absolute atomic E-state index is 0.383. The molecule has 0 aromatic carbocycles. The third kappa shape index (κ3) is 2.05. The molecule has 0 aromatic rings. The van der Waals surface area contributed by atoms with Crippen LogP contribution in [0.5, 0.6) is 0 Å². The second-order valence-electron chi connectivity index (χ2n) is 4.61. The molecular formula is C12H14N2O2. The van der Waals surface area contributed by atoms with Gasteiger partial charge in [0.05, 0.1) is 11.9 Å². The number of ether oxygens (including phenoxy) is 1. The third-order valence-electron chi connectivity index (χ3n) is 2.07. The quantitative estimate of drug-likeness (QED) is 0.683. The summed E-state index contributed by atoms with van der Waals surface area (Å²) in [6.07, 6.45) is 4.67. The molecule has 84 valence electrons. The van der Waals surface area contributed by atoms with Gasteiger partial charge in [-0.15, -0.1) is 0 Å². The highest BCUT2D eigenvalue weighted by atomic mass is 16.6. The predicted molar refractivity (Wildman–Crippen MR) is 60.5 cm³/mol. The van der Waals surface area contributed by atoms with Crippen LogP contribution >= 0.6 is 0 Å². The highest BCUT2D eigenvalue weighted by molar-refractivity contribution is 5.78. The summed E-state index contributed by atoms with van der Waals surface area (Å²) in [5, 5.41) is 0. The number of carbonyl (C=O) groups excluding carboxylic acids is 1. The molecular weight excluding hydrogens is 204 g/mol. The topological polar surface area (TPSA) is 44.1 Å². The standard InChI is InChI=1S/C12H14N2O2/c1-12(2,3)16-11(15)14-6-4-5-9-7-13-8-10(9)14/h4-8H,1-3H3. The molecule has 2 aliphatic heterocycles. The van der Waals surface area contributed by atoms with E-state index in [9.17, 15) is 4.79 Å². The average molecular weight is 218 g/mol. The van der Waals surface area contributed by atoms with Gasteiger partial charge in [0.15, 0.2) is 0 Å². The number of fused-ring (bicyclic) bond motifs is 1. The molecule has 0 fully saturated rings.